The van der Waals surface area contributed by atoms with Gasteiger partial charge in [-0.3, -0.25) is 0 Å². The number of halogens is 1. The molecule has 0 aromatic rings. The zero-order valence-electron chi connectivity index (χ0n) is 6.34. The topological polar surface area (TPSA) is 101 Å². The van der Waals surface area contributed by atoms with Crippen LogP contribution in [-0.4, -0.2) is 63.2 Å². The van der Waals surface area contributed by atoms with Crippen molar-refractivity contribution in [3.8, 4) is 0 Å². The van der Waals surface area contributed by atoms with Crippen LogP contribution in [0, 0.1) is 0 Å². The molecule has 6 heteroatoms. The van der Waals surface area contributed by atoms with Crippen LogP contribution < -0.4 is 0 Å². The number of rotatable bonds is 5. The molecule has 4 atom stereocenters. The lowest BCUT2D eigenvalue weighted by Crippen LogP contribution is -2.44. The highest BCUT2D eigenvalue weighted by atomic mass is 19.1. The zero-order valence-corrected chi connectivity index (χ0v) is 6.34. The van der Waals surface area contributed by atoms with Crippen molar-refractivity contribution >= 4 is 0 Å². The first-order valence-electron chi connectivity index (χ1n) is 3.44. The fraction of sp³-hybridized carbons (Fsp3) is 1.00. The molecule has 0 fully saturated rings. The van der Waals surface area contributed by atoms with Gasteiger partial charge in [-0.2, -0.15) is 0 Å². The van der Waals surface area contributed by atoms with Gasteiger partial charge in [0.1, 0.15) is 18.3 Å². The Labute approximate surface area is 68.7 Å². The molecule has 12 heavy (non-hydrogen) atoms. The summed E-state index contributed by atoms with van der Waals surface area (Å²) in [5, 5.41) is 42.8. The fourth-order valence-corrected chi connectivity index (χ4v) is 0.649. The molecule has 5 N–H and O–H groups in total. The Balaban J connectivity index is 3.99. The molecule has 5 nitrogen and oxygen atoms in total. The smallest absolute Gasteiger partial charge is 0.156 e. The van der Waals surface area contributed by atoms with Gasteiger partial charge in [-0.15, -0.1) is 0 Å². The van der Waals surface area contributed by atoms with Crippen molar-refractivity contribution in [1.29, 1.82) is 0 Å². The first-order valence-corrected chi connectivity index (χ1v) is 3.44. The monoisotopic (exact) mass is 184 g/mol. The van der Waals surface area contributed by atoms with E-state index in [4.69, 9.17) is 25.5 Å². The summed E-state index contributed by atoms with van der Waals surface area (Å²) in [6.07, 6.45) is -7.46. The van der Waals surface area contributed by atoms with Crippen LogP contribution >= 0.6 is 0 Å². The van der Waals surface area contributed by atoms with Gasteiger partial charge in [-0.25, -0.2) is 4.39 Å². The van der Waals surface area contributed by atoms with Crippen molar-refractivity contribution in [1.82, 2.24) is 0 Å². The molecule has 0 rings (SSSR count). The number of hydrogen-bond acceptors (Lipinski definition) is 5. The van der Waals surface area contributed by atoms with E-state index in [9.17, 15) is 4.39 Å². The maximum absolute atomic E-state index is 12.7. The molecular weight excluding hydrogens is 171 g/mol. The van der Waals surface area contributed by atoms with E-state index in [1.165, 1.54) is 0 Å². The quantitative estimate of drug-likeness (QED) is 0.322. The first-order chi connectivity index (χ1) is 5.54. The highest BCUT2D eigenvalue weighted by molar-refractivity contribution is 4.80. The van der Waals surface area contributed by atoms with E-state index in [0.717, 1.165) is 0 Å². The third kappa shape index (κ3) is 3.00. The molecule has 0 aromatic carbocycles. The lowest BCUT2D eigenvalue weighted by atomic mass is 10.1. The predicted molar refractivity (Wildman–Crippen MR) is 37.1 cm³/mol. The minimum atomic E-state index is -2.17. The van der Waals surface area contributed by atoms with E-state index in [1.54, 1.807) is 0 Å². The lowest BCUT2D eigenvalue weighted by molar-refractivity contribution is -0.0935. The summed E-state index contributed by atoms with van der Waals surface area (Å²) in [5.41, 5.74) is 0. The average molecular weight is 184 g/mol. The summed E-state index contributed by atoms with van der Waals surface area (Å²) < 4.78 is 12.7. The van der Waals surface area contributed by atoms with Crippen LogP contribution in [0.15, 0.2) is 0 Å². The molecular formula is C6H13FO5. The van der Waals surface area contributed by atoms with Gasteiger partial charge in [0.15, 0.2) is 6.17 Å². The van der Waals surface area contributed by atoms with Crippen LogP contribution in [0.3, 0.4) is 0 Å². The van der Waals surface area contributed by atoms with E-state index in [2.05, 4.69) is 0 Å². The summed E-state index contributed by atoms with van der Waals surface area (Å²) in [6.45, 7) is -1.66. The maximum Gasteiger partial charge on any atom is 0.156 e. The average Bonchev–Trinajstić information content (AvgIpc) is 2.12. The summed E-state index contributed by atoms with van der Waals surface area (Å²) in [5.74, 6) is 0. The zero-order chi connectivity index (χ0) is 9.72. The van der Waals surface area contributed by atoms with E-state index in [1.807, 2.05) is 0 Å². The van der Waals surface area contributed by atoms with Crippen LogP contribution in [0.2, 0.25) is 0 Å². The van der Waals surface area contributed by atoms with Gasteiger partial charge >= 0.3 is 0 Å². The van der Waals surface area contributed by atoms with Crippen LogP contribution in [0.5, 0.6) is 0 Å². The van der Waals surface area contributed by atoms with Gasteiger partial charge in [0, 0.05) is 0 Å². The Morgan fingerprint density at radius 2 is 1.33 bits per heavy atom. The maximum atomic E-state index is 12.7. The van der Waals surface area contributed by atoms with Crippen molar-refractivity contribution in [2.75, 3.05) is 13.2 Å². The van der Waals surface area contributed by atoms with Crippen LogP contribution in [0.4, 0.5) is 4.39 Å². The van der Waals surface area contributed by atoms with Crippen molar-refractivity contribution in [3.63, 3.8) is 0 Å². The van der Waals surface area contributed by atoms with Crippen molar-refractivity contribution in [2.45, 2.75) is 24.5 Å². The predicted octanol–water partition coefficient (Wildman–Crippen LogP) is -2.61. The molecule has 0 amide bonds. The van der Waals surface area contributed by atoms with Gasteiger partial charge in [0.05, 0.1) is 13.2 Å². The Morgan fingerprint density at radius 3 is 1.67 bits per heavy atom. The summed E-state index contributed by atoms with van der Waals surface area (Å²) in [6, 6.07) is 0. The van der Waals surface area contributed by atoms with E-state index in [0.29, 0.717) is 0 Å². The molecule has 0 saturated carbocycles. The van der Waals surface area contributed by atoms with E-state index in [-0.39, 0.29) is 0 Å². The Kier molecular flexibility index (Phi) is 5.27. The van der Waals surface area contributed by atoms with E-state index < -0.39 is 37.7 Å². The van der Waals surface area contributed by atoms with Crippen molar-refractivity contribution in [2.24, 2.45) is 0 Å². The Hall–Kier alpha value is -0.270. The Morgan fingerprint density at radius 1 is 0.917 bits per heavy atom. The van der Waals surface area contributed by atoms with Gasteiger partial charge in [0.2, 0.25) is 0 Å². The lowest BCUT2D eigenvalue weighted by Gasteiger charge is -2.22. The minimum Gasteiger partial charge on any atom is -0.394 e. The van der Waals surface area contributed by atoms with Crippen molar-refractivity contribution in [3.05, 3.63) is 0 Å². The molecule has 0 heterocycles. The van der Waals surface area contributed by atoms with Gasteiger partial charge < -0.3 is 25.5 Å². The second kappa shape index (κ2) is 5.39. The fourth-order valence-electron chi connectivity index (χ4n) is 0.649. The second-order valence-corrected chi connectivity index (χ2v) is 2.43. The summed E-state index contributed by atoms with van der Waals surface area (Å²) in [7, 11) is 0. The van der Waals surface area contributed by atoms with Crippen LogP contribution in [0.1, 0.15) is 0 Å². The molecule has 0 radical (unpaired) electrons. The largest absolute Gasteiger partial charge is 0.394 e. The van der Waals surface area contributed by atoms with Gasteiger partial charge in [0.25, 0.3) is 0 Å². The second-order valence-electron chi connectivity index (χ2n) is 2.43. The molecule has 0 saturated heterocycles. The standard InChI is InChI=1S/C6H13FO5/c7-5(3(10)1-8)6(12)4(11)2-9/h3-6,8-12H,1-2H2. The third-order valence-electron chi connectivity index (χ3n) is 1.46. The molecule has 0 aromatic heterocycles. The number of alkyl halides is 1. The van der Waals surface area contributed by atoms with E-state index >= 15 is 0 Å². The normalized spacial score (nSPS) is 21.5. The van der Waals surface area contributed by atoms with Gasteiger partial charge in [-0.1, -0.05) is 0 Å². The number of aliphatic hydroxyl groups excluding tert-OH is 5. The molecule has 0 aliphatic carbocycles. The number of aliphatic hydroxyl groups is 5. The molecule has 74 valence electrons. The van der Waals surface area contributed by atoms with Crippen LogP contribution in [0.25, 0.3) is 0 Å². The molecule has 4 unspecified atom stereocenters. The first kappa shape index (κ1) is 11.7. The van der Waals surface area contributed by atoms with Gasteiger partial charge in [-0.05, 0) is 0 Å². The van der Waals surface area contributed by atoms with Crippen LogP contribution in [-0.2, 0) is 0 Å². The highest BCUT2D eigenvalue weighted by Gasteiger charge is 2.31. The summed E-state index contributed by atoms with van der Waals surface area (Å²) in [4.78, 5) is 0. The minimum absolute atomic E-state index is 0.806. The molecule has 0 aliphatic rings. The molecule has 0 bridgehead atoms. The molecule has 0 aliphatic heterocycles. The SMILES string of the molecule is OCC(O)C(O)C(F)C(O)CO. The van der Waals surface area contributed by atoms with Crippen molar-refractivity contribution < 1.29 is 29.9 Å². The number of hydrogen-bond donors (Lipinski definition) is 5. The summed E-state index contributed by atoms with van der Waals surface area (Å²) >= 11 is 0. The Bertz CT molecular complexity index is 109. The molecule has 0 spiro atoms. The third-order valence-corrected chi connectivity index (χ3v) is 1.46. The highest BCUT2D eigenvalue weighted by Crippen LogP contribution is 2.08.